The average molecular weight is 252 g/mol. The SMILES string of the molecule is Cc1ccc(NCCC(C)C(=O)O)c([N+](=O)[O-])c1. The van der Waals surface area contributed by atoms with Gasteiger partial charge in [-0.25, -0.2) is 0 Å². The molecule has 18 heavy (non-hydrogen) atoms. The summed E-state index contributed by atoms with van der Waals surface area (Å²) in [4.78, 5) is 21.0. The van der Waals surface area contributed by atoms with E-state index >= 15 is 0 Å². The Morgan fingerprint density at radius 3 is 2.78 bits per heavy atom. The smallest absolute Gasteiger partial charge is 0.306 e. The fourth-order valence-corrected chi connectivity index (χ4v) is 1.49. The number of nitrogens with one attached hydrogen (secondary N) is 1. The Balaban J connectivity index is 2.67. The summed E-state index contributed by atoms with van der Waals surface area (Å²) in [5.41, 5.74) is 1.24. The summed E-state index contributed by atoms with van der Waals surface area (Å²) in [5, 5.41) is 22.5. The van der Waals surface area contributed by atoms with Crippen LogP contribution >= 0.6 is 0 Å². The molecule has 1 aromatic carbocycles. The first kappa shape index (κ1) is 14.0. The van der Waals surface area contributed by atoms with Crippen molar-refractivity contribution in [1.82, 2.24) is 0 Å². The van der Waals surface area contributed by atoms with Gasteiger partial charge in [-0.05, 0) is 25.0 Å². The second kappa shape index (κ2) is 6.00. The van der Waals surface area contributed by atoms with Crippen molar-refractivity contribution in [2.45, 2.75) is 20.3 Å². The first-order valence-electron chi connectivity index (χ1n) is 5.63. The van der Waals surface area contributed by atoms with Crippen LogP contribution in [-0.4, -0.2) is 22.5 Å². The van der Waals surface area contributed by atoms with E-state index < -0.39 is 16.8 Å². The summed E-state index contributed by atoms with van der Waals surface area (Å²) in [6.07, 6.45) is 0.417. The molecule has 0 radical (unpaired) electrons. The maximum Gasteiger partial charge on any atom is 0.306 e. The van der Waals surface area contributed by atoms with Gasteiger partial charge in [0.2, 0.25) is 0 Å². The minimum Gasteiger partial charge on any atom is -0.481 e. The summed E-state index contributed by atoms with van der Waals surface area (Å²) in [5.74, 6) is -1.34. The number of nitrogens with zero attached hydrogens (tertiary/aromatic N) is 1. The lowest BCUT2D eigenvalue weighted by Gasteiger charge is -2.09. The number of aryl methyl sites for hydroxylation is 1. The predicted molar refractivity (Wildman–Crippen MR) is 67.7 cm³/mol. The Hall–Kier alpha value is -2.11. The third-order valence-electron chi connectivity index (χ3n) is 2.66. The van der Waals surface area contributed by atoms with Crippen LogP contribution in [0.25, 0.3) is 0 Å². The van der Waals surface area contributed by atoms with Crippen LogP contribution in [-0.2, 0) is 4.79 Å². The highest BCUT2D eigenvalue weighted by Gasteiger charge is 2.14. The largest absolute Gasteiger partial charge is 0.481 e. The quantitative estimate of drug-likeness (QED) is 0.599. The molecule has 0 fully saturated rings. The Labute approximate surface area is 105 Å². The number of hydrogen-bond donors (Lipinski definition) is 2. The number of carbonyl (C=O) groups is 1. The summed E-state index contributed by atoms with van der Waals surface area (Å²) in [6, 6.07) is 4.90. The zero-order chi connectivity index (χ0) is 13.7. The van der Waals surface area contributed by atoms with Gasteiger partial charge in [-0.2, -0.15) is 0 Å². The van der Waals surface area contributed by atoms with Gasteiger partial charge in [0.1, 0.15) is 5.69 Å². The molecule has 0 aliphatic carbocycles. The molecule has 2 N–H and O–H groups in total. The third-order valence-corrected chi connectivity index (χ3v) is 2.66. The molecule has 98 valence electrons. The highest BCUT2D eigenvalue weighted by atomic mass is 16.6. The highest BCUT2D eigenvalue weighted by Crippen LogP contribution is 2.25. The van der Waals surface area contributed by atoms with Crippen molar-refractivity contribution >= 4 is 17.3 Å². The van der Waals surface area contributed by atoms with Crippen molar-refractivity contribution in [1.29, 1.82) is 0 Å². The van der Waals surface area contributed by atoms with Gasteiger partial charge in [0.25, 0.3) is 5.69 Å². The van der Waals surface area contributed by atoms with Crippen molar-refractivity contribution < 1.29 is 14.8 Å². The number of anilines is 1. The number of carboxylic acid groups (broad SMARTS) is 1. The number of nitro groups is 1. The molecule has 1 atom stereocenters. The summed E-state index contributed by atoms with van der Waals surface area (Å²) in [7, 11) is 0. The first-order chi connectivity index (χ1) is 8.41. The van der Waals surface area contributed by atoms with Gasteiger partial charge in [-0.3, -0.25) is 14.9 Å². The summed E-state index contributed by atoms with van der Waals surface area (Å²) >= 11 is 0. The van der Waals surface area contributed by atoms with Crippen molar-refractivity contribution in [3.05, 3.63) is 33.9 Å². The summed E-state index contributed by atoms with van der Waals surface area (Å²) < 4.78 is 0. The summed E-state index contributed by atoms with van der Waals surface area (Å²) in [6.45, 7) is 3.77. The molecule has 0 saturated carbocycles. The van der Waals surface area contributed by atoms with Crippen LogP contribution in [0, 0.1) is 23.0 Å². The normalized spacial score (nSPS) is 11.9. The lowest BCUT2D eigenvalue weighted by molar-refractivity contribution is -0.384. The fraction of sp³-hybridized carbons (Fsp3) is 0.417. The van der Waals surface area contributed by atoms with Crippen LogP contribution in [0.3, 0.4) is 0 Å². The van der Waals surface area contributed by atoms with Crippen molar-refractivity contribution in [2.24, 2.45) is 5.92 Å². The average Bonchev–Trinajstić information content (AvgIpc) is 2.30. The third kappa shape index (κ3) is 3.73. The zero-order valence-electron chi connectivity index (χ0n) is 10.3. The van der Waals surface area contributed by atoms with E-state index in [0.29, 0.717) is 18.7 Å². The second-order valence-corrected chi connectivity index (χ2v) is 4.23. The van der Waals surface area contributed by atoms with Crippen molar-refractivity contribution in [3.63, 3.8) is 0 Å². The van der Waals surface area contributed by atoms with Crippen LogP contribution in [0.1, 0.15) is 18.9 Å². The fourth-order valence-electron chi connectivity index (χ4n) is 1.49. The molecule has 0 heterocycles. The van der Waals surface area contributed by atoms with Crippen molar-refractivity contribution in [3.8, 4) is 0 Å². The van der Waals surface area contributed by atoms with Gasteiger partial charge in [0.05, 0.1) is 10.8 Å². The molecule has 1 aromatic rings. The van der Waals surface area contributed by atoms with Crippen molar-refractivity contribution in [2.75, 3.05) is 11.9 Å². The molecule has 6 heteroatoms. The van der Waals surface area contributed by atoms with Gasteiger partial charge in [0, 0.05) is 12.6 Å². The Morgan fingerprint density at radius 2 is 2.22 bits per heavy atom. The Morgan fingerprint density at radius 1 is 1.56 bits per heavy atom. The Bertz CT molecular complexity index is 459. The van der Waals surface area contributed by atoms with E-state index in [0.717, 1.165) is 5.56 Å². The molecule has 0 aromatic heterocycles. The van der Waals surface area contributed by atoms with E-state index in [2.05, 4.69) is 5.32 Å². The van der Waals surface area contributed by atoms with Crippen LogP contribution in [0.4, 0.5) is 11.4 Å². The van der Waals surface area contributed by atoms with Crippen LogP contribution in [0.5, 0.6) is 0 Å². The van der Waals surface area contributed by atoms with Gasteiger partial charge >= 0.3 is 5.97 Å². The molecule has 0 aliphatic heterocycles. The number of hydrogen-bond acceptors (Lipinski definition) is 4. The topological polar surface area (TPSA) is 92.5 Å². The van der Waals surface area contributed by atoms with Crippen LogP contribution < -0.4 is 5.32 Å². The number of benzene rings is 1. The molecular formula is C12H16N2O4. The van der Waals surface area contributed by atoms with Gasteiger partial charge < -0.3 is 10.4 Å². The molecule has 0 bridgehead atoms. The molecule has 0 saturated heterocycles. The van der Waals surface area contributed by atoms with Crippen LogP contribution in [0.15, 0.2) is 18.2 Å². The highest BCUT2D eigenvalue weighted by molar-refractivity contribution is 5.69. The zero-order valence-corrected chi connectivity index (χ0v) is 10.3. The molecule has 6 nitrogen and oxygen atoms in total. The molecule has 0 spiro atoms. The first-order valence-corrected chi connectivity index (χ1v) is 5.63. The number of rotatable bonds is 6. The molecule has 1 rings (SSSR count). The lowest BCUT2D eigenvalue weighted by atomic mass is 10.1. The molecule has 0 aliphatic rings. The van der Waals surface area contributed by atoms with E-state index in [9.17, 15) is 14.9 Å². The van der Waals surface area contributed by atoms with E-state index in [1.165, 1.54) is 6.07 Å². The van der Waals surface area contributed by atoms with Crippen LogP contribution in [0.2, 0.25) is 0 Å². The maximum absolute atomic E-state index is 10.9. The van der Waals surface area contributed by atoms with Gasteiger partial charge in [0.15, 0.2) is 0 Å². The lowest BCUT2D eigenvalue weighted by Crippen LogP contribution is -2.14. The van der Waals surface area contributed by atoms with E-state index in [1.807, 2.05) is 0 Å². The van der Waals surface area contributed by atoms with E-state index in [4.69, 9.17) is 5.11 Å². The number of carboxylic acids is 1. The molecular weight excluding hydrogens is 236 g/mol. The molecule has 1 unspecified atom stereocenters. The second-order valence-electron chi connectivity index (χ2n) is 4.23. The maximum atomic E-state index is 10.9. The monoisotopic (exact) mass is 252 g/mol. The minimum atomic E-state index is -0.866. The molecule has 0 amide bonds. The Kier molecular flexibility index (Phi) is 4.65. The van der Waals surface area contributed by atoms with Gasteiger partial charge in [-0.1, -0.05) is 13.0 Å². The van der Waals surface area contributed by atoms with E-state index in [1.54, 1.807) is 26.0 Å². The minimum absolute atomic E-state index is 0.0120. The number of aliphatic carboxylic acids is 1. The van der Waals surface area contributed by atoms with Gasteiger partial charge in [-0.15, -0.1) is 0 Å². The number of nitro benzene ring substituents is 1. The van der Waals surface area contributed by atoms with E-state index in [-0.39, 0.29) is 5.69 Å². The predicted octanol–water partition coefficient (Wildman–Crippen LogP) is 2.43. The standard InChI is InChI=1S/C12H16N2O4/c1-8-3-4-10(11(7-8)14(17)18)13-6-5-9(2)12(15)16/h3-4,7,9,13H,5-6H2,1-2H3,(H,15,16).